The van der Waals surface area contributed by atoms with Crippen molar-refractivity contribution in [1.29, 1.82) is 0 Å². The van der Waals surface area contributed by atoms with Crippen molar-refractivity contribution in [3.63, 3.8) is 0 Å². The van der Waals surface area contributed by atoms with Crippen LogP contribution in [0.3, 0.4) is 0 Å². The Morgan fingerprint density at radius 3 is 2.71 bits per heavy atom. The van der Waals surface area contributed by atoms with E-state index in [1.807, 2.05) is 40.7 Å². The Labute approximate surface area is 142 Å². The highest BCUT2D eigenvalue weighted by Crippen LogP contribution is 2.32. The van der Waals surface area contributed by atoms with Crippen LogP contribution in [0, 0.1) is 13.8 Å². The quantitative estimate of drug-likeness (QED) is 0.802. The molecule has 0 aliphatic carbocycles. The molecule has 0 saturated carbocycles. The van der Waals surface area contributed by atoms with Gasteiger partial charge >= 0.3 is 6.09 Å². The van der Waals surface area contributed by atoms with E-state index in [0.29, 0.717) is 6.54 Å². The van der Waals surface area contributed by atoms with Gasteiger partial charge in [0.1, 0.15) is 17.2 Å². The number of carbonyl (C=O) groups excluding carboxylic acids is 1. The van der Waals surface area contributed by atoms with Crippen LogP contribution in [0.5, 0.6) is 0 Å². The molecule has 1 unspecified atom stereocenters. The summed E-state index contributed by atoms with van der Waals surface area (Å²) in [4.78, 5) is 23.2. The molecule has 1 atom stereocenters. The van der Waals surface area contributed by atoms with Crippen LogP contribution in [0.25, 0.3) is 5.65 Å². The highest BCUT2D eigenvalue weighted by Gasteiger charge is 2.33. The van der Waals surface area contributed by atoms with Gasteiger partial charge in [0.25, 0.3) is 0 Å². The highest BCUT2D eigenvalue weighted by molar-refractivity contribution is 5.69. The van der Waals surface area contributed by atoms with E-state index in [1.54, 1.807) is 9.42 Å². The van der Waals surface area contributed by atoms with Crippen LogP contribution in [-0.2, 0) is 4.74 Å². The SMILES string of the molecule is Cc1nc(C)n2nc(C3CCCCN3C(=O)OC(C)(C)C)cc2n1. The second-order valence-corrected chi connectivity index (χ2v) is 7.34. The first-order chi connectivity index (χ1) is 11.2. The number of piperidine rings is 1. The monoisotopic (exact) mass is 331 g/mol. The maximum Gasteiger partial charge on any atom is 0.410 e. The molecule has 1 fully saturated rings. The van der Waals surface area contributed by atoms with Crippen molar-refractivity contribution in [1.82, 2.24) is 24.5 Å². The molecular formula is C17H25N5O2. The van der Waals surface area contributed by atoms with Crippen molar-refractivity contribution < 1.29 is 9.53 Å². The number of aromatic nitrogens is 4. The van der Waals surface area contributed by atoms with Crippen LogP contribution in [0.4, 0.5) is 4.79 Å². The van der Waals surface area contributed by atoms with Gasteiger partial charge < -0.3 is 4.74 Å². The maximum absolute atomic E-state index is 12.6. The van der Waals surface area contributed by atoms with E-state index in [0.717, 1.165) is 42.3 Å². The number of likely N-dealkylation sites (tertiary alicyclic amines) is 1. The lowest BCUT2D eigenvalue weighted by atomic mass is 10.00. The van der Waals surface area contributed by atoms with Crippen molar-refractivity contribution in [3.8, 4) is 0 Å². The fourth-order valence-electron chi connectivity index (χ4n) is 3.12. The molecule has 2 aromatic rings. The Balaban J connectivity index is 1.93. The van der Waals surface area contributed by atoms with Crippen molar-refractivity contribution in [2.45, 2.75) is 65.5 Å². The summed E-state index contributed by atoms with van der Waals surface area (Å²) in [6.07, 6.45) is 2.67. The number of amides is 1. The maximum atomic E-state index is 12.6. The first-order valence-electron chi connectivity index (χ1n) is 8.45. The average molecular weight is 331 g/mol. The van der Waals surface area contributed by atoms with Gasteiger partial charge in [0.15, 0.2) is 5.65 Å². The summed E-state index contributed by atoms with van der Waals surface area (Å²) in [5.74, 6) is 1.52. The Kier molecular flexibility index (Phi) is 4.19. The van der Waals surface area contributed by atoms with Crippen LogP contribution >= 0.6 is 0 Å². The zero-order chi connectivity index (χ0) is 17.5. The molecule has 0 spiro atoms. The molecule has 1 saturated heterocycles. The predicted molar refractivity (Wildman–Crippen MR) is 89.8 cm³/mol. The lowest BCUT2D eigenvalue weighted by Gasteiger charge is -2.35. The molecule has 1 aliphatic rings. The summed E-state index contributed by atoms with van der Waals surface area (Å²) in [6, 6.07) is 1.88. The van der Waals surface area contributed by atoms with Crippen LogP contribution in [-0.4, -0.2) is 42.7 Å². The number of hydrogen-bond acceptors (Lipinski definition) is 5. The summed E-state index contributed by atoms with van der Waals surface area (Å²) >= 11 is 0. The Morgan fingerprint density at radius 1 is 1.25 bits per heavy atom. The third-order valence-electron chi connectivity index (χ3n) is 4.09. The van der Waals surface area contributed by atoms with E-state index in [9.17, 15) is 4.79 Å². The standard InChI is InChI=1S/C17H25N5O2/c1-11-18-12(2)22-15(19-11)10-13(20-22)14-8-6-7-9-21(14)16(23)24-17(3,4)5/h10,14H,6-9H2,1-5H3. The minimum atomic E-state index is -0.503. The van der Waals surface area contributed by atoms with Crippen molar-refractivity contribution in [3.05, 3.63) is 23.4 Å². The van der Waals surface area contributed by atoms with Crippen LogP contribution < -0.4 is 0 Å². The van der Waals surface area contributed by atoms with E-state index < -0.39 is 5.60 Å². The zero-order valence-corrected chi connectivity index (χ0v) is 15.0. The van der Waals surface area contributed by atoms with Gasteiger partial charge in [-0.2, -0.15) is 5.10 Å². The molecular weight excluding hydrogens is 306 g/mol. The van der Waals surface area contributed by atoms with Crippen LogP contribution in [0.2, 0.25) is 0 Å². The van der Waals surface area contributed by atoms with E-state index in [1.165, 1.54) is 0 Å². The number of aryl methyl sites for hydroxylation is 2. The topological polar surface area (TPSA) is 72.6 Å². The third-order valence-corrected chi connectivity index (χ3v) is 4.09. The van der Waals surface area contributed by atoms with Crippen LogP contribution in [0.15, 0.2) is 6.07 Å². The van der Waals surface area contributed by atoms with Gasteiger partial charge in [0.05, 0.1) is 11.7 Å². The number of nitrogens with zero attached hydrogens (tertiary/aromatic N) is 5. The molecule has 24 heavy (non-hydrogen) atoms. The number of fused-ring (bicyclic) bond motifs is 1. The van der Waals surface area contributed by atoms with Gasteiger partial charge in [0, 0.05) is 12.6 Å². The minimum Gasteiger partial charge on any atom is -0.444 e. The number of rotatable bonds is 1. The average Bonchev–Trinajstić information content (AvgIpc) is 2.89. The van der Waals surface area contributed by atoms with Gasteiger partial charge in [-0.25, -0.2) is 19.3 Å². The van der Waals surface area contributed by atoms with Gasteiger partial charge in [-0.3, -0.25) is 4.90 Å². The first-order valence-corrected chi connectivity index (χ1v) is 8.45. The van der Waals surface area contributed by atoms with Crippen molar-refractivity contribution in [2.24, 2.45) is 0 Å². The summed E-state index contributed by atoms with van der Waals surface area (Å²) in [5, 5.41) is 4.65. The molecule has 3 heterocycles. The highest BCUT2D eigenvalue weighted by atomic mass is 16.6. The molecule has 0 radical (unpaired) electrons. The first kappa shape index (κ1) is 16.7. The summed E-state index contributed by atoms with van der Waals surface area (Å²) < 4.78 is 7.31. The largest absolute Gasteiger partial charge is 0.444 e. The molecule has 1 amide bonds. The lowest BCUT2D eigenvalue weighted by Crippen LogP contribution is -2.42. The van der Waals surface area contributed by atoms with Gasteiger partial charge in [0.2, 0.25) is 0 Å². The summed E-state index contributed by atoms with van der Waals surface area (Å²) in [7, 11) is 0. The molecule has 0 N–H and O–H groups in total. The van der Waals surface area contributed by atoms with Gasteiger partial charge in [-0.1, -0.05) is 0 Å². The minimum absolute atomic E-state index is 0.0741. The van der Waals surface area contributed by atoms with Crippen molar-refractivity contribution in [2.75, 3.05) is 6.54 Å². The third kappa shape index (κ3) is 3.34. The van der Waals surface area contributed by atoms with E-state index in [2.05, 4.69) is 15.1 Å². The second-order valence-electron chi connectivity index (χ2n) is 7.34. The molecule has 130 valence electrons. The Hall–Kier alpha value is -2.18. The predicted octanol–water partition coefficient (Wildman–Crippen LogP) is 3.20. The van der Waals surface area contributed by atoms with Crippen molar-refractivity contribution >= 4 is 11.7 Å². The number of hydrogen-bond donors (Lipinski definition) is 0. The fraction of sp³-hybridized carbons (Fsp3) is 0.647. The second kappa shape index (κ2) is 6.03. The number of ether oxygens (including phenoxy) is 1. The molecule has 1 aliphatic heterocycles. The van der Waals surface area contributed by atoms with Crippen LogP contribution in [0.1, 0.15) is 63.4 Å². The summed E-state index contributed by atoms with van der Waals surface area (Å²) in [6.45, 7) is 10.1. The molecule has 0 bridgehead atoms. The van der Waals surface area contributed by atoms with Gasteiger partial charge in [-0.05, 0) is 53.9 Å². The Morgan fingerprint density at radius 2 is 2.00 bits per heavy atom. The summed E-state index contributed by atoms with van der Waals surface area (Å²) in [5.41, 5.74) is 1.12. The molecule has 7 nitrogen and oxygen atoms in total. The van der Waals surface area contributed by atoms with E-state index >= 15 is 0 Å². The zero-order valence-electron chi connectivity index (χ0n) is 15.0. The van der Waals surface area contributed by atoms with E-state index in [4.69, 9.17) is 4.74 Å². The number of carbonyl (C=O) groups is 1. The molecule has 0 aromatic carbocycles. The van der Waals surface area contributed by atoms with Gasteiger partial charge in [-0.15, -0.1) is 0 Å². The fourth-order valence-corrected chi connectivity index (χ4v) is 3.12. The van der Waals surface area contributed by atoms with E-state index in [-0.39, 0.29) is 12.1 Å². The smallest absolute Gasteiger partial charge is 0.410 e. The molecule has 2 aromatic heterocycles. The Bertz CT molecular complexity index is 762. The molecule has 7 heteroatoms. The normalized spacial score (nSPS) is 18.9. The molecule has 3 rings (SSSR count). The lowest BCUT2D eigenvalue weighted by molar-refractivity contribution is 0.00898.